The molecule has 1 saturated carbocycles. The van der Waals surface area contributed by atoms with E-state index >= 15 is 0 Å². The normalized spacial score (nSPS) is 14.8. The summed E-state index contributed by atoms with van der Waals surface area (Å²) in [5.74, 6) is -0.172. The summed E-state index contributed by atoms with van der Waals surface area (Å²) in [6.45, 7) is 0. The molecular weight excluding hydrogens is 327 g/mol. The quantitative estimate of drug-likeness (QED) is 0.671. The molecule has 26 heavy (non-hydrogen) atoms. The van der Waals surface area contributed by atoms with Crippen molar-refractivity contribution in [2.24, 2.45) is 0 Å². The van der Waals surface area contributed by atoms with Crippen LogP contribution in [0.4, 0.5) is 4.39 Å². The average molecular weight is 350 g/mol. The highest BCUT2D eigenvalue weighted by Gasteiger charge is 2.19. The zero-order valence-electron chi connectivity index (χ0n) is 14.7. The highest BCUT2D eigenvalue weighted by molar-refractivity contribution is 5.91. The summed E-state index contributed by atoms with van der Waals surface area (Å²) < 4.78 is 13.8. The van der Waals surface area contributed by atoms with E-state index in [1.807, 2.05) is 30.3 Å². The molecule has 1 aliphatic carbocycles. The Morgan fingerprint density at radius 3 is 2.65 bits per heavy atom. The molecule has 0 atom stereocenters. The molecule has 2 N–H and O–H groups in total. The van der Waals surface area contributed by atoms with Crippen LogP contribution in [-0.2, 0) is 11.2 Å². The summed E-state index contributed by atoms with van der Waals surface area (Å²) in [5.41, 5.74) is 3.93. The van der Waals surface area contributed by atoms with E-state index in [1.165, 1.54) is 18.9 Å². The Morgan fingerprint density at radius 1 is 1.12 bits per heavy atom. The van der Waals surface area contributed by atoms with Crippen LogP contribution in [0.5, 0.6) is 0 Å². The van der Waals surface area contributed by atoms with Crippen molar-refractivity contribution in [2.45, 2.75) is 44.6 Å². The molecule has 0 bridgehead atoms. The van der Waals surface area contributed by atoms with Gasteiger partial charge in [-0.15, -0.1) is 0 Å². The average Bonchev–Trinajstić information content (AvgIpc) is 3.28. The lowest BCUT2D eigenvalue weighted by Crippen LogP contribution is -2.32. The minimum atomic E-state index is -0.257. The Hall–Kier alpha value is -2.62. The van der Waals surface area contributed by atoms with Gasteiger partial charge in [-0.05, 0) is 48.6 Å². The summed E-state index contributed by atoms with van der Waals surface area (Å²) in [5, 5.41) is 4.00. The summed E-state index contributed by atoms with van der Waals surface area (Å²) in [7, 11) is 0. The number of carbonyl (C=O) groups excluding carboxylic acids is 1. The molecule has 4 rings (SSSR count). The second kappa shape index (κ2) is 7.32. The first kappa shape index (κ1) is 16.8. The summed E-state index contributed by atoms with van der Waals surface area (Å²) >= 11 is 0. The summed E-state index contributed by atoms with van der Waals surface area (Å²) in [6.07, 6.45) is 5.57. The van der Waals surface area contributed by atoms with Gasteiger partial charge in [0.25, 0.3) is 0 Å². The topological polar surface area (TPSA) is 44.9 Å². The van der Waals surface area contributed by atoms with Crippen molar-refractivity contribution in [3.05, 3.63) is 59.9 Å². The number of carbonyl (C=O) groups is 1. The highest BCUT2D eigenvalue weighted by Crippen LogP contribution is 2.32. The molecule has 1 heterocycles. The van der Waals surface area contributed by atoms with Crippen molar-refractivity contribution in [3.8, 4) is 11.3 Å². The van der Waals surface area contributed by atoms with Crippen LogP contribution in [0.15, 0.2) is 48.5 Å². The lowest BCUT2D eigenvalue weighted by Gasteiger charge is -2.12. The molecule has 0 unspecified atom stereocenters. The molecule has 1 fully saturated rings. The van der Waals surface area contributed by atoms with Gasteiger partial charge < -0.3 is 10.3 Å². The number of H-pyrrole nitrogens is 1. The minimum absolute atomic E-state index is 0.0849. The number of halogens is 1. The lowest BCUT2D eigenvalue weighted by molar-refractivity contribution is -0.121. The van der Waals surface area contributed by atoms with E-state index in [9.17, 15) is 9.18 Å². The van der Waals surface area contributed by atoms with Gasteiger partial charge in [0.05, 0.1) is 0 Å². The molecule has 2 aromatic carbocycles. The van der Waals surface area contributed by atoms with E-state index in [1.54, 1.807) is 12.1 Å². The Bertz CT molecular complexity index is 911. The molecule has 134 valence electrons. The Morgan fingerprint density at radius 2 is 1.88 bits per heavy atom. The van der Waals surface area contributed by atoms with Crippen LogP contribution in [0.25, 0.3) is 22.2 Å². The van der Waals surface area contributed by atoms with Crippen molar-refractivity contribution in [2.75, 3.05) is 0 Å². The van der Waals surface area contributed by atoms with Crippen molar-refractivity contribution in [3.63, 3.8) is 0 Å². The zero-order valence-corrected chi connectivity index (χ0v) is 14.7. The van der Waals surface area contributed by atoms with Gasteiger partial charge in [-0.1, -0.05) is 43.2 Å². The lowest BCUT2D eigenvalue weighted by atomic mass is 10.0. The van der Waals surface area contributed by atoms with E-state index in [-0.39, 0.29) is 11.7 Å². The van der Waals surface area contributed by atoms with Crippen molar-refractivity contribution in [1.82, 2.24) is 10.3 Å². The molecule has 1 amide bonds. The number of aromatic amines is 1. The van der Waals surface area contributed by atoms with Crippen molar-refractivity contribution >= 4 is 16.8 Å². The fourth-order valence-electron chi connectivity index (χ4n) is 3.94. The van der Waals surface area contributed by atoms with Gasteiger partial charge in [0.1, 0.15) is 5.82 Å². The Kier molecular flexibility index (Phi) is 4.74. The molecule has 1 aromatic heterocycles. The minimum Gasteiger partial charge on any atom is -0.354 e. The third kappa shape index (κ3) is 3.50. The maximum atomic E-state index is 13.8. The van der Waals surface area contributed by atoms with Crippen LogP contribution in [0, 0.1) is 5.82 Å². The molecule has 0 radical (unpaired) electrons. The Balaban J connectivity index is 1.61. The SMILES string of the molecule is O=C(CCc1c(-c2ccccc2)[nH]c2ccc(F)cc12)NC1CCCC1. The number of hydrogen-bond donors (Lipinski definition) is 2. The first-order valence-corrected chi connectivity index (χ1v) is 9.35. The van der Waals surface area contributed by atoms with Gasteiger partial charge in [-0.2, -0.15) is 0 Å². The number of aromatic nitrogens is 1. The molecule has 0 spiro atoms. The predicted molar refractivity (Wildman–Crippen MR) is 102 cm³/mol. The summed E-state index contributed by atoms with van der Waals surface area (Å²) in [6, 6.07) is 15.1. The first-order valence-electron chi connectivity index (χ1n) is 9.35. The number of rotatable bonds is 5. The number of aryl methyl sites for hydroxylation is 1. The van der Waals surface area contributed by atoms with Gasteiger partial charge >= 0.3 is 0 Å². The number of fused-ring (bicyclic) bond motifs is 1. The van der Waals surface area contributed by atoms with E-state index in [0.717, 1.165) is 40.6 Å². The van der Waals surface area contributed by atoms with Gasteiger partial charge in [0.2, 0.25) is 5.91 Å². The fraction of sp³-hybridized carbons (Fsp3) is 0.318. The van der Waals surface area contributed by atoms with E-state index < -0.39 is 0 Å². The van der Waals surface area contributed by atoms with Crippen LogP contribution in [-0.4, -0.2) is 16.9 Å². The molecule has 3 aromatic rings. The third-order valence-corrected chi connectivity index (χ3v) is 5.25. The van der Waals surface area contributed by atoms with Crippen LogP contribution >= 0.6 is 0 Å². The van der Waals surface area contributed by atoms with Crippen molar-refractivity contribution < 1.29 is 9.18 Å². The number of nitrogens with one attached hydrogen (secondary N) is 2. The molecule has 4 heteroatoms. The second-order valence-electron chi connectivity index (χ2n) is 7.08. The number of benzene rings is 2. The molecule has 1 aliphatic rings. The summed E-state index contributed by atoms with van der Waals surface area (Å²) in [4.78, 5) is 15.8. The van der Waals surface area contributed by atoms with Gasteiger partial charge in [0, 0.05) is 29.1 Å². The van der Waals surface area contributed by atoms with Crippen LogP contribution in [0.3, 0.4) is 0 Å². The molecule has 3 nitrogen and oxygen atoms in total. The first-order chi connectivity index (χ1) is 12.7. The largest absolute Gasteiger partial charge is 0.354 e. The highest BCUT2D eigenvalue weighted by atomic mass is 19.1. The standard InChI is InChI=1S/C22H23FN2O/c23-16-10-12-20-19(14-16)18(22(25-20)15-6-2-1-3-7-15)11-13-21(26)24-17-8-4-5-9-17/h1-3,6-7,10,12,14,17,25H,4-5,8-9,11,13H2,(H,24,26). The maximum absolute atomic E-state index is 13.8. The molecular formula is C22H23FN2O. The van der Waals surface area contributed by atoms with Crippen molar-refractivity contribution in [1.29, 1.82) is 0 Å². The van der Waals surface area contributed by atoms with Crippen LogP contribution in [0.1, 0.15) is 37.7 Å². The number of hydrogen-bond acceptors (Lipinski definition) is 1. The van der Waals surface area contributed by atoms with Crippen LogP contribution < -0.4 is 5.32 Å². The monoisotopic (exact) mass is 350 g/mol. The molecule has 0 aliphatic heterocycles. The zero-order chi connectivity index (χ0) is 17.9. The van der Waals surface area contributed by atoms with Gasteiger partial charge in [0.15, 0.2) is 0 Å². The second-order valence-corrected chi connectivity index (χ2v) is 7.08. The smallest absolute Gasteiger partial charge is 0.220 e. The van der Waals surface area contributed by atoms with E-state index in [2.05, 4.69) is 10.3 Å². The maximum Gasteiger partial charge on any atom is 0.220 e. The van der Waals surface area contributed by atoms with Gasteiger partial charge in [-0.3, -0.25) is 4.79 Å². The predicted octanol–water partition coefficient (Wildman–Crippen LogP) is 4.97. The fourth-order valence-corrected chi connectivity index (χ4v) is 3.94. The van der Waals surface area contributed by atoms with E-state index in [4.69, 9.17) is 0 Å². The molecule has 0 saturated heterocycles. The number of amides is 1. The van der Waals surface area contributed by atoms with Gasteiger partial charge in [-0.25, -0.2) is 4.39 Å². The van der Waals surface area contributed by atoms with Crippen LogP contribution in [0.2, 0.25) is 0 Å². The third-order valence-electron chi connectivity index (χ3n) is 5.25. The van der Waals surface area contributed by atoms with E-state index in [0.29, 0.717) is 18.9 Å². The Labute approximate surface area is 152 Å².